The number of hydrogen-bond acceptors (Lipinski definition) is 4. The molecule has 2 N–H and O–H groups in total. The van der Waals surface area contributed by atoms with Gasteiger partial charge in [-0.15, -0.1) is 0 Å². The number of carbonyl (C=O) groups excluding carboxylic acids is 2. The van der Waals surface area contributed by atoms with Crippen LogP contribution in [0.4, 0.5) is 15.8 Å². The first kappa shape index (κ1) is 22.5. The van der Waals surface area contributed by atoms with E-state index in [0.717, 1.165) is 5.56 Å². The summed E-state index contributed by atoms with van der Waals surface area (Å²) in [5.74, 6) is -1.18. The van der Waals surface area contributed by atoms with Gasteiger partial charge >= 0.3 is 0 Å². The molecule has 0 bridgehead atoms. The number of nitrogens with zero attached hydrogens (tertiary/aromatic N) is 1. The first-order valence-corrected chi connectivity index (χ1v) is 10.9. The lowest BCUT2D eigenvalue weighted by Crippen LogP contribution is -2.45. The predicted octanol–water partition coefficient (Wildman–Crippen LogP) is 3.64. The van der Waals surface area contributed by atoms with Gasteiger partial charge < -0.3 is 20.3 Å². The van der Waals surface area contributed by atoms with Crippen LogP contribution in [0.25, 0.3) is 0 Å². The zero-order chi connectivity index (χ0) is 23.0. The molecule has 1 fully saturated rings. The number of carbonyl (C=O) groups is 2. The van der Waals surface area contributed by atoms with Crippen LogP contribution in [-0.2, 0) is 16.0 Å². The summed E-state index contributed by atoms with van der Waals surface area (Å²) in [5.41, 5.74) is 2.18. The molecular formula is C26H26FN3O3. The fraction of sp³-hybridized carbons (Fsp3) is 0.231. The Morgan fingerprint density at radius 2 is 1.61 bits per heavy atom. The van der Waals surface area contributed by atoms with Crippen LogP contribution in [0.2, 0.25) is 0 Å². The molecular weight excluding hydrogens is 421 g/mol. The zero-order valence-electron chi connectivity index (χ0n) is 18.2. The van der Waals surface area contributed by atoms with Crippen LogP contribution < -0.4 is 15.5 Å². The van der Waals surface area contributed by atoms with Crippen molar-refractivity contribution in [3.63, 3.8) is 0 Å². The van der Waals surface area contributed by atoms with Gasteiger partial charge in [0.1, 0.15) is 11.9 Å². The van der Waals surface area contributed by atoms with Crippen molar-refractivity contribution >= 4 is 23.2 Å². The van der Waals surface area contributed by atoms with Gasteiger partial charge in [-0.25, -0.2) is 4.39 Å². The van der Waals surface area contributed by atoms with Crippen LogP contribution in [0.1, 0.15) is 15.9 Å². The molecule has 3 aromatic carbocycles. The maximum absolute atomic E-state index is 14.8. The van der Waals surface area contributed by atoms with E-state index in [2.05, 4.69) is 10.6 Å². The van der Waals surface area contributed by atoms with Crippen LogP contribution in [0.15, 0.2) is 78.9 Å². The SMILES string of the molecule is O=C(NC(Cc1ccccc1)C(=O)Nc1ccc(N2CCOCC2)c(F)c1)c1ccccc1. The molecule has 0 spiro atoms. The summed E-state index contributed by atoms with van der Waals surface area (Å²) in [4.78, 5) is 27.7. The van der Waals surface area contributed by atoms with Gasteiger partial charge in [-0.05, 0) is 35.9 Å². The summed E-state index contributed by atoms with van der Waals surface area (Å²) in [5, 5.41) is 5.57. The molecule has 1 saturated heterocycles. The Balaban J connectivity index is 1.49. The molecule has 1 heterocycles. The maximum atomic E-state index is 14.8. The lowest BCUT2D eigenvalue weighted by molar-refractivity contribution is -0.118. The van der Waals surface area contributed by atoms with Gasteiger partial charge in [0.25, 0.3) is 5.91 Å². The van der Waals surface area contributed by atoms with Crippen molar-refractivity contribution in [2.45, 2.75) is 12.5 Å². The molecule has 33 heavy (non-hydrogen) atoms. The second-order valence-corrected chi connectivity index (χ2v) is 7.84. The van der Waals surface area contributed by atoms with Gasteiger partial charge in [-0.1, -0.05) is 48.5 Å². The number of nitrogens with one attached hydrogen (secondary N) is 2. The molecule has 0 saturated carbocycles. The number of rotatable bonds is 7. The maximum Gasteiger partial charge on any atom is 0.251 e. The Hall–Kier alpha value is -3.71. The summed E-state index contributed by atoms with van der Waals surface area (Å²) in [7, 11) is 0. The molecule has 3 aromatic rings. The molecule has 0 aromatic heterocycles. The van der Waals surface area contributed by atoms with Gasteiger partial charge in [0.05, 0.1) is 18.9 Å². The summed E-state index contributed by atoms with van der Waals surface area (Å²) in [6.45, 7) is 2.35. The number of hydrogen-bond donors (Lipinski definition) is 2. The van der Waals surface area contributed by atoms with Crippen LogP contribution in [0.5, 0.6) is 0 Å². The molecule has 170 valence electrons. The monoisotopic (exact) mass is 447 g/mol. The molecule has 6 nitrogen and oxygen atoms in total. The molecule has 4 rings (SSSR count). The molecule has 2 amide bonds. The third-order valence-electron chi connectivity index (χ3n) is 5.51. The molecule has 1 aliphatic heterocycles. The van der Waals surface area contributed by atoms with Gasteiger partial charge in [0, 0.05) is 30.8 Å². The highest BCUT2D eigenvalue weighted by Gasteiger charge is 2.23. The van der Waals surface area contributed by atoms with Gasteiger partial charge in [0.2, 0.25) is 5.91 Å². The molecule has 0 radical (unpaired) electrons. The van der Waals surface area contributed by atoms with Crippen LogP contribution in [0.3, 0.4) is 0 Å². The Morgan fingerprint density at radius 3 is 2.27 bits per heavy atom. The number of amides is 2. The van der Waals surface area contributed by atoms with Crippen LogP contribution in [-0.4, -0.2) is 44.2 Å². The standard InChI is InChI=1S/C26H26FN3O3/c27-22-18-21(11-12-24(22)30-13-15-33-16-14-30)28-26(32)23(17-19-7-3-1-4-8-19)29-25(31)20-9-5-2-6-10-20/h1-12,18,23H,13-17H2,(H,28,32)(H,29,31). The quantitative estimate of drug-likeness (QED) is 0.580. The van der Waals surface area contributed by atoms with Crippen molar-refractivity contribution in [1.29, 1.82) is 0 Å². The minimum absolute atomic E-state index is 0.305. The lowest BCUT2D eigenvalue weighted by Gasteiger charge is -2.29. The molecule has 1 unspecified atom stereocenters. The van der Waals surface area contributed by atoms with Crippen molar-refractivity contribution in [3.05, 3.63) is 95.8 Å². The van der Waals surface area contributed by atoms with Gasteiger partial charge in [-0.3, -0.25) is 9.59 Å². The van der Waals surface area contributed by atoms with Crippen molar-refractivity contribution in [2.24, 2.45) is 0 Å². The van der Waals surface area contributed by atoms with Gasteiger partial charge in [-0.2, -0.15) is 0 Å². The van der Waals surface area contributed by atoms with E-state index in [9.17, 15) is 14.0 Å². The largest absolute Gasteiger partial charge is 0.378 e. The Kier molecular flexibility index (Phi) is 7.32. The fourth-order valence-electron chi connectivity index (χ4n) is 3.76. The second kappa shape index (κ2) is 10.7. The average Bonchev–Trinajstić information content (AvgIpc) is 2.85. The molecule has 1 aliphatic rings. The van der Waals surface area contributed by atoms with Gasteiger partial charge in [0.15, 0.2) is 0 Å². The third-order valence-corrected chi connectivity index (χ3v) is 5.51. The Morgan fingerprint density at radius 1 is 0.939 bits per heavy atom. The first-order valence-electron chi connectivity index (χ1n) is 10.9. The summed E-state index contributed by atoms with van der Waals surface area (Å²) < 4.78 is 20.1. The van der Waals surface area contributed by atoms with Crippen molar-refractivity contribution < 1.29 is 18.7 Å². The minimum atomic E-state index is -0.831. The molecule has 1 atom stereocenters. The number of anilines is 2. The van der Waals surface area contributed by atoms with Crippen molar-refractivity contribution in [3.8, 4) is 0 Å². The Bertz CT molecular complexity index is 1090. The summed E-state index contributed by atoms with van der Waals surface area (Å²) in [6, 6.07) is 22.0. The van der Waals surface area contributed by atoms with E-state index in [1.54, 1.807) is 36.4 Å². The Labute approximate surface area is 192 Å². The molecule has 0 aliphatic carbocycles. The second-order valence-electron chi connectivity index (χ2n) is 7.84. The van der Waals surface area contributed by atoms with E-state index in [-0.39, 0.29) is 5.91 Å². The van der Waals surface area contributed by atoms with E-state index < -0.39 is 17.8 Å². The van der Waals surface area contributed by atoms with Crippen LogP contribution >= 0.6 is 0 Å². The van der Waals surface area contributed by atoms with E-state index in [0.29, 0.717) is 49.7 Å². The van der Waals surface area contributed by atoms with E-state index >= 15 is 0 Å². The minimum Gasteiger partial charge on any atom is -0.378 e. The van der Waals surface area contributed by atoms with Crippen molar-refractivity contribution in [1.82, 2.24) is 5.32 Å². The van der Waals surface area contributed by atoms with E-state index in [4.69, 9.17) is 4.74 Å². The number of morpholine rings is 1. The van der Waals surface area contributed by atoms with Crippen LogP contribution in [0, 0.1) is 5.82 Å². The summed E-state index contributed by atoms with van der Waals surface area (Å²) in [6.07, 6.45) is 0.305. The number of halogens is 1. The number of ether oxygens (including phenoxy) is 1. The molecule has 7 heteroatoms. The highest BCUT2D eigenvalue weighted by Crippen LogP contribution is 2.24. The summed E-state index contributed by atoms with van der Waals surface area (Å²) >= 11 is 0. The fourth-order valence-corrected chi connectivity index (χ4v) is 3.76. The highest BCUT2D eigenvalue weighted by molar-refractivity contribution is 6.01. The first-order chi connectivity index (χ1) is 16.1. The third kappa shape index (κ3) is 5.96. The smallest absolute Gasteiger partial charge is 0.251 e. The number of benzene rings is 3. The topological polar surface area (TPSA) is 70.7 Å². The van der Waals surface area contributed by atoms with E-state index in [1.165, 1.54) is 6.07 Å². The highest BCUT2D eigenvalue weighted by atomic mass is 19.1. The predicted molar refractivity (Wildman–Crippen MR) is 126 cm³/mol. The normalized spacial score (nSPS) is 14.4. The zero-order valence-corrected chi connectivity index (χ0v) is 18.2. The lowest BCUT2D eigenvalue weighted by atomic mass is 10.0. The average molecular weight is 448 g/mol. The van der Waals surface area contributed by atoms with E-state index in [1.807, 2.05) is 41.3 Å². The van der Waals surface area contributed by atoms with Crippen molar-refractivity contribution in [2.75, 3.05) is 36.5 Å².